The third-order valence-corrected chi connectivity index (χ3v) is 4.36. The van der Waals surface area contributed by atoms with Gasteiger partial charge < -0.3 is 9.47 Å². The molecule has 0 spiro atoms. The van der Waals surface area contributed by atoms with Gasteiger partial charge in [-0.2, -0.15) is 0 Å². The average Bonchev–Trinajstić information content (AvgIpc) is 2.81. The van der Waals surface area contributed by atoms with Crippen molar-refractivity contribution in [3.8, 4) is 36.2 Å². The lowest BCUT2D eigenvalue weighted by Gasteiger charge is -2.13. The fraction of sp³-hybridized carbons (Fsp3) is 0.0769. The molecule has 0 amide bonds. The maximum atomic E-state index is 11.7. The van der Waals surface area contributed by atoms with Gasteiger partial charge in [0.1, 0.15) is 24.7 Å². The van der Waals surface area contributed by atoms with Gasteiger partial charge >= 0.3 is 0 Å². The minimum Gasteiger partial charge on any atom is -0.489 e. The van der Waals surface area contributed by atoms with Crippen LogP contribution in [0.4, 0.5) is 0 Å². The highest BCUT2D eigenvalue weighted by molar-refractivity contribution is 6.09. The third-order valence-electron chi connectivity index (χ3n) is 4.36. The highest BCUT2D eigenvalue weighted by Gasteiger charge is 2.08. The zero-order valence-corrected chi connectivity index (χ0v) is 16.1. The van der Waals surface area contributed by atoms with Crippen molar-refractivity contribution in [3.63, 3.8) is 0 Å². The molecule has 0 atom stereocenters. The number of benzene rings is 3. The Morgan fingerprint density at radius 3 is 1.50 bits per heavy atom. The molecule has 3 aromatic carbocycles. The van der Waals surface area contributed by atoms with Gasteiger partial charge in [-0.05, 0) is 47.2 Å². The first-order chi connectivity index (χ1) is 14.6. The number of Topliss-reactive ketones (excluding diaryl/α,β-unsaturated/α-hetero) is 2. The Bertz CT molecular complexity index is 1070. The number of terminal acetylenes is 2. The summed E-state index contributed by atoms with van der Waals surface area (Å²) in [5.41, 5.74) is 2.69. The van der Waals surface area contributed by atoms with E-state index >= 15 is 0 Å². The molecule has 0 bridgehead atoms. The van der Waals surface area contributed by atoms with E-state index in [0.717, 1.165) is 11.1 Å². The normalized spacial score (nSPS) is 9.80. The predicted octanol–water partition coefficient (Wildman–Crippen LogP) is 4.48. The highest BCUT2D eigenvalue weighted by Crippen LogP contribution is 2.20. The molecule has 0 heterocycles. The molecule has 3 aromatic rings. The van der Waals surface area contributed by atoms with Crippen molar-refractivity contribution in [2.24, 2.45) is 0 Å². The summed E-state index contributed by atoms with van der Waals surface area (Å²) in [6.07, 6.45) is 10.3. The van der Waals surface area contributed by atoms with Crippen LogP contribution in [0.3, 0.4) is 0 Å². The second kappa shape index (κ2) is 9.78. The Balaban J connectivity index is 1.68. The lowest BCUT2D eigenvalue weighted by Crippen LogP contribution is -2.04. The van der Waals surface area contributed by atoms with E-state index in [1.807, 2.05) is 24.3 Å². The van der Waals surface area contributed by atoms with E-state index < -0.39 is 0 Å². The van der Waals surface area contributed by atoms with Gasteiger partial charge in [-0.3, -0.25) is 9.59 Å². The summed E-state index contributed by atoms with van der Waals surface area (Å²) in [5, 5.41) is 0. The fourth-order valence-corrected chi connectivity index (χ4v) is 2.78. The average molecular weight is 394 g/mol. The van der Waals surface area contributed by atoms with Crippen LogP contribution in [0.15, 0.2) is 72.8 Å². The molecule has 0 saturated carbocycles. The summed E-state index contributed by atoms with van der Waals surface area (Å²) < 4.78 is 11.7. The Hall–Kier alpha value is -4.28. The Labute approximate surface area is 175 Å². The predicted molar refractivity (Wildman–Crippen MR) is 114 cm³/mol. The molecular weight excluding hydrogens is 376 g/mol. The molecule has 4 heteroatoms. The summed E-state index contributed by atoms with van der Waals surface area (Å²) in [7, 11) is 0. The zero-order valence-electron chi connectivity index (χ0n) is 16.1. The monoisotopic (exact) mass is 394 g/mol. The molecule has 0 N–H and O–H groups in total. The number of hydrogen-bond acceptors (Lipinski definition) is 4. The second-order valence-electron chi connectivity index (χ2n) is 6.35. The lowest BCUT2D eigenvalue weighted by atomic mass is 10.1. The number of carbonyl (C=O) groups excluding carboxylic acids is 2. The number of ketones is 2. The van der Waals surface area contributed by atoms with E-state index in [9.17, 15) is 9.59 Å². The first-order valence-electron chi connectivity index (χ1n) is 9.15. The molecule has 0 aliphatic heterocycles. The molecule has 0 aliphatic rings. The number of carbonyl (C=O) groups is 2. The number of rotatable bonds is 8. The minimum absolute atomic E-state index is 0.294. The summed E-state index contributed by atoms with van der Waals surface area (Å²) in [6.45, 7) is 0.589. The van der Waals surface area contributed by atoms with Gasteiger partial charge in [0.2, 0.25) is 11.6 Å². The zero-order chi connectivity index (χ0) is 21.3. The van der Waals surface area contributed by atoms with Crippen molar-refractivity contribution in [3.05, 3.63) is 95.1 Å². The van der Waals surface area contributed by atoms with Gasteiger partial charge in [0.15, 0.2) is 0 Å². The molecule has 146 valence electrons. The van der Waals surface area contributed by atoms with Crippen LogP contribution in [0.2, 0.25) is 0 Å². The smallest absolute Gasteiger partial charge is 0.235 e. The molecule has 4 nitrogen and oxygen atoms in total. The summed E-state index contributed by atoms with van der Waals surface area (Å²) in [5.74, 6) is 4.51. The highest BCUT2D eigenvalue weighted by atomic mass is 16.5. The molecule has 0 aromatic heterocycles. The van der Waals surface area contributed by atoms with Gasteiger partial charge in [0, 0.05) is 11.1 Å². The van der Waals surface area contributed by atoms with E-state index in [1.54, 1.807) is 48.5 Å². The van der Waals surface area contributed by atoms with Crippen molar-refractivity contribution in [2.75, 3.05) is 0 Å². The van der Waals surface area contributed by atoms with Crippen LogP contribution in [0, 0.1) is 24.7 Å². The quantitative estimate of drug-likeness (QED) is 0.321. The van der Waals surface area contributed by atoms with Crippen molar-refractivity contribution in [1.82, 2.24) is 0 Å². The van der Waals surface area contributed by atoms with Crippen LogP contribution < -0.4 is 9.47 Å². The maximum Gasteiger partial charge on any atom is 0.235 e. The summed E-state index contributed by atoms with van der Waals surface area (Å²) in [6, 6.07) is 21.2. The molecule has 0 fully saturated rings. The van der Waals surface area contributed by atoms with Gasteiger partial charge in [-0.25, -0.2) is 0 Å². The topological polar surface area (TPSA) is 52.6 Å². The molecule has 0 unspecified atom stereocenters. The Morgan fingerprint density at radius 2 is 1.10 bits per heavy atom. The fourth-order valence-electron chi connectivity index (χ4n) is 2.78. The van der Waals surface area contributed by atoms with Gasteiger partial charge in [-0.1, -0.05) is 48.5 Å². The van der Waals surface area contributed by atoms with Crippen LogP contribution in [0.25, 0.3) is 0 Å². The number of ether oxygens (including phenoxy) is 2. The lowest BCUT2D eigenvalue weighted by molar-refractivity contribution is 0.104. The van der Waals surface area contributed by atoms with Crippen molar-refractivity contribution >= 4 is 11.6 Å². The Morgan fingerprint density at radius 1 is 0.667 bits per heavy atom. The first kappa shape index (κ1) is 20.5. The van der Waals surface area contributed by atoms with Crippen LogP contribution in [-0.4, -0.2) is 11.6 Å². The minimum atomic E-state index is -0.389. The molecule has 30 heavy (non-hydrogen) atoms. The maximum absolute atomic E-state index is 11.7. The van der Waals surface area contributed by atoms with Crippen LogP contribution >= 0.6 is 0 Å². The van der Waals surface area contributed by atoms with E-state index in [2.05, 4.69) is 11.8 Å². The van der Waals surface area contributed by atoms with Crippen LogP contribution in [0.5, 0.6) is 11.5 Å². The molecule has 0 radical (unpaired) electrons. The van der Waals surface area contributed by atoms with Crippen molar-refractivity contribution in [2.45, 2.75) is 13.2 Å². The molecule has 3 rings (SSSR count). The summed E-state index contributed by atoms with van der Waals surface area (Å²) >= 11 is 0. The summed E-state index contributed by atoms with van der Waals surface area (Å²) in [4.78, 5) is 23.3. The van der Waals surface area contributed by atoms with Gasteiger partial charge in [0.25, 0.3) is 0 Å². The van der Waals surface area contributed by atoms with Crippen LogP contribution in [0.1, 0.15) is 31.8 Å². The Kier molecular flexibility index (Phi) is 6.66. The van der Waals surface area contributed by atoms with Crippen molar-refractivity contribution < 1.29 is 19.1 Å². The van der Waals surface area contributed by atoms with E-state index in [4.69, 9.17) is 22.3 Å². The van der Waals surface area contributed by atoms with Crippen LogP contribution in [-0.2, 0) is 13.2 Å². The van der Waals surface area contributed by atoms with E-state index in [1.165, 1.54) is 0 Å². The molecule has 0 saturated heterocycles. The standard InChI is InChI=1S/C26H18O4/c1-3-25(27)19-11-7-13-23(15-19)29-17-21-9-5-6-10-22(21)18-30-24-14-8-12-20(16-24)26(28)4-2/h1-2,5-16H,17-18H2. The van der Waals surface area contributed by atoms with Gasteiger partial charge in [0.05, 0.1) is 0 Å². The SMILES string of the molecule is C#CC(=O)c1cccc(OCc2ccccc2COc2cccc(C(=O)C#C)c2)c1. The van der Waals surface area contributed by atoms with Gasteiger partial charge in [-0.15, -0.1) is 12.8 Å². The largest absolute Gasteiger partial charge is 0.489 e. The second-order valence-corrected chi connectivity index (χ2v) is 6.35. The van der Waals surface area contributed by atoms with E-state index in [0.29, 0.717) is 35.8 Å². The first-order valence-corrected chi connectivity index (χ1v) is 9.15. The number of hydrogen-bond donors (Lipinski definition) is 0. The molecular formula is C26H18O4. The van der Waals surface area contributed by atoms with E-state index in [-0.39, 0.29) is 11.6 Å². The third kappa shape index (κ3) is 5.16. The molecule has 0 aliphatic carbocycles. The van der Waals surface area contributed by atoms with Crippen molar-refractivity contribution in [1.29, 1.82) is 0 Å².